The number of aryl methyl sites for hydroxylation is 1. The summed E-state index contributed by atoms with van der Waals surface area (Å²) >= 11 is 9.71. The van der Waals surface area contributed by atoms with Gasteiger partial charge in [-0.2, -0.15) is 15.3 Å². The Hall–Kier alpha value is -8.67. The zero-order valence-electron chi connectivity index (χ0n) is 58.5. The molecule has 16 nitrogen and oxygen atoms in total. The van der Waals surface area contributed by atoms with E-state index >= 15 is 0 Å². The molecule has 0 atom stereocenters. The number of carbonyl (C=O) groups excluding carboxylic acids is 4. The number of aromatic amines is 2. The Morgan fingerprint density at radius 1 is 0.548 bits per heavy atom. The van der Waals surface area contributed by atoms with Gasteiger partial charge in [-0.3, -0.25) is 25.2 Å². The van der Waals surface area contributed by atoms with Crippen LogP contribution in [0, 0.1) is 72.9 Å². The van der Waals surface area contributed by atoms with E-state index in [0.29, 0.717) is 26.1 Å². The second-order valence-electron chi connectivity index (χ2n) is 25.0. The Morgan fingerprint density at radius 2 is 0.971 bits per heavy atom. The van der Waals surface area contributed by atoms with Crippen LogP contribution in [-0.4, -0.2) is 90.2 Å². The second kappa shape index (κ2) is 39.4. The summed E-state index contributed by atoms with van der Waals surface area (Å²) < 4.78 is 102. The quantitative estimate of drug-likeness (QED) is 0.0144. The number of aromatic nitrogens is 4. The second-order valence-corrected chi connectivity index (χ2v) is 27.8. The number of H-pyrrole nitrogens is 2. The van der Waals surface area contributed by atoms with Gasteiger partial charge in [0.1, 0.15) is 51.8 Å². The van der Waals surface area contributed by atoms with Crippen molar-refractivity contribution in [1.82, 2.24) is 36.6 Å². The molecule has 1 saturated heterocycles. The van der Waals surface area contributed by atoms with Crippen molar-refractivity contribution in [3.05, 3.63) is 270 Å². The third-order valence-electron chi connectivity index (χ3n) is 14.6. The number of hydrogen-bond donors (Lipinski definition) is 6. The SMILES string of the molecule is C1CCOC1.CC(C)(C)OC(=O)NN.CC(C)(C)OC(=O)NN=C(c1ccc(F)cc1)c1ccc(Br)cc1F.Cc1ccc(C(=O)NC2CC2)cc1-c1ccc2c(-c3ccc(F)cc3)n[nH]c2c1.Fc1ccc(-c2n[nH]c3cc(Br)ccc23)cc1.O=C(c1ccc(F)cc1)c1ccc(Br)cc1F.[2H][B].[U]. The number of benzene rings is 9. The minimum atomic E-state index is -0.773. The molecule has 104 heavy (non-hydrogen) atoms. The molecule has 0 bridgehead atoms. The van der Waals surface area contributed by atoms with Crippen molar-refractivity contribution in [2.45, 2.75) is 91.4 Å². The molecular weight excluding hydrogens is 1770 g/mol. The number of fused-ring (bicyclic) bond motifs is 2. The maximum Gasteiger partial charge on any atom is 0.428 e. The summed E-state index contributed by atoms with van der Waals surface area (Å²) in [4.78, 5) is 46.5. The summed E-state index contributed by atoms with van der Waals surface area (Å²) in [5, 5.41) is 23.8. The van der Waals surface area contributed by atoms with Gasteiger partial charge in [-0.1, -0.05) is 59.9 Å². The van der Waals surface area contributed by atoms with Gasteiger partial charge in [0.25, 0.3) is 5.91 Å². The Balaban J connectivity index is 0.000000208. The number of hydrazone groups is 1. The van der Waals surface area contributed by atoms with Gasteiger partial charge in [0, 0.05) is 116 Å². The topological polar surface area (TPSA) is 228 Å². The van der Waals surface area contributed by atoms with Crippen LogP contribution in [0.5, 0.6) is 0 Å². The van der Waals surface area contributed by atoms with Gasteiger partial charge in [0.15, 0.2) is 5.78 Å². The summed E-state index contributed by atoms with van der Waals surface area (Å²) in [6.45, 7) is 14.5. The predicted octanol–water partition coefficient (Wildman–Crippen LogP) is 18.9. The van der Waals surface area contributed by atoms with Gasteiger partial charge in [0.05, 0.1) is 28.0 Å². The van der Waals surface area contributed by atoms with E-state index in [0.717, 1.165) is 91.5 Å². The van der Waals surface area contributed by atoms with Crippen molar-refractivity contribution in [2.24, 2.45) is 10.9 Å². The molecule has 2 aliphatic rings. The van der Waals surface area contributed by atoms with Crippen molar-refractivity contribution in [3.63, 3.8) is 0 Å². The number of rotatable bonds is 10. The summed E-state index contributed by atoms with van der Waals surface area (Å²) in [7, 11) is 3.75. The molecule has 2 fully saturated rings. The standard InChI is InChI=1S/C24H20FN3O.C18H17BrF2N2O2.C13H7BrF2O.C13H8BrFN2.C5H12N2O2.C4H8O.BH.U/c1-14-2-3-17(24(29)26-19-9-10-19)12-21(14)16-6-11-20-22(13-16)27-28-23(20)15-4-7-18(25)8-5-15;1-18(2,3)25-17(24)23-22-16(11-4-7-13(20)8-5-11)14-9-6-12(19)10-15(14)21;14-9-3-6-11(12(16)7-9)13(17)8-1-4-10(15)5-2-8;14-9-3-6-11-12(7-9)16-17-13(11)8-1-4-10(15)5-2-8;1-5(2,3)9-4(8)7-6;1-2-4-5-3-1;;/h2-8,11-13,19H,9-10H2,1H3,(H,26,29)(H,27,28);4-10H,1-3H3,(H,23,24);1-7H;1-7H,(H,16,17);6H2,1-3H3,(H,7,8);1-4H2;1H;/i;;;;;;1D;. The number of halogens is 9. The largest absolute Gasteiger partial charge is 0.443 e. The molecule has 0 unspecified atom stereocenters. The van der Waals surface area contributed by atoms with Crippen LogP contribution in [0.15, 0.2) is 207 Å². The minimum Gasteiger partial charge on any atom is -0.443 e. The third kappa shape index (κ3) is 25.9. The van der Waals surface area contributed by atoms with Crippen LogP contribution in [0.4, 0.5) is 35.9 Å². The molecule has 2 radical (unpaired) electrons. The van der Waals surface area contributed by atoms with Crippen LogP contribution in [0.2, 0.25) is 0 Å². The fourth-order valence-corrected chi connectivity index (χ4v) is 10.7. The molecule has 3 heterocycles. The molecule has 9 aromatic carbocycles. The van der Waals surface area contributed by atoms with Crippen molar-refractivity contribution < 1.29 is 90.8 Å². The number of nitrogens with zero attached hydrogens (tertiary/aromatic N) is 3. The Labute approximate surface area is 650 Å². The average Bonchev–Trinajstić information content (AvgIpc) is 1.68. The molecule has 11 aromatic rings. The van der Waals surface area contributed by atoms with Crippen LogP contribution in [-0.2, 0) is 14.2 Å². The summed E-state index contributed by atoms with van der Waals surface area (Å²) in [5.74, 6) is 1.76. The van der Waals surface area contributed by atoms with Crippen molar-refractivity contribution in [2.75, 3.05) is 13.2 Å². The molecule has 13 rings (SSSR count). The number of nitrogens with one attached hydrogen (secondary N) is 5. The van der Waals surface area contributed by atoms with Gasteiger partial charge in [-0.25, -0.2) is 47.2 Å². The smallest absolute Gasteiger partial charge is 0.428 e. The van der Waals surface area contributed by atoms with Gasteiger partial charge < -0.3 is 19.5 Å². The van der Waals surface area contributed by atoms with E-state index in [9.17, 15) is 45.5 Å². The molecule has 1 aliphatic carbocycles. The van der Waals surface area contributed by atoms with Gasteiger partial charge >= 0.3 is 12.2 Å². The Bertz CT molecular complexity index is 4750. The predicted molar refractivity (Wildman–Crippen MR) is 402 cm³/mol. The van der Waals surface area contributed by atoms with Crippen LogP contribution in [0.1, 0.15) is 110 Å². The van der Waals surface area contributed by atoms with Crippen molar-refractivity contribution in [1.29, 1.82) is 1.34 Å². The van der Waals surface area contributed by atoms with E-state index < -0.39 is 52.4 Å². The van der Waals surface area contributed by atoms with Crippen LogP contribution < -0.4 is 22.0 Å². The van der Waals surface area contributed by atoms with E-state index in [-0.39, 0.29) is 71.1 Å². The molecule has 2 aromatic heterocycles. The number of hydrogen-bond acceptors (Lipinski definition) is 11. The number of hydrazine groups is 1. The molecule has 1 aliphatic heterocycles. The first-order chi connectivity index (χ1) is 49.5. The van der Waals surface area contributed by atoms with Gasteiger partial charge in [-0.15, -0.1) is 0 Å². The summed E-state index contributed by atoms with van der Waals surface area (Å²) in [6, 6.07) is 49.8. The maximum absolute atomic E-state index is 14.3. The third-order valence-corrected chi connectivity index (χ3v) is 16.1. The zero-order valence-corrected chi connectivity index (χ0v) is 66.4. The molecule has 538 valence electrons. The van der Waals surface area contributed by atoms with E-state index in [2.05, 4.69) is 92.4 Å². The normalized spacial score (nSPS) is 12.3. The first-order valence-electron chi connectivity index (χ1n) is 32.4. The van der Waals surface area contributed by atoms with Crippen molar-refractivity contribution >= 4 is 108 Å². The molecular formula is C77H73BBr3F6N9O7U. The first kappa shape index (κ1) is 82.6. The minimum absolute atomic E-state index is 0. The molecule has 27 heteroatoms. The molecule has 3 amide bonds. The summed E-state index contributed by atoms with van der Waals surface area (Å²) in [5.41, 5.74) is 13.0. The van der Waals surface area contributed by atoms with E-state index in [1.54, 1.807) is 77.9 Å². The average molecular weight is 1840 g/mol. The van der Waals surface area contributed by atoms with E-state index in [1.807, 2.05) is 66.9 Å². The van der Waals surface area contributed by atoms with E-state index in [4.69, 9.17) is 21.4 Å². The Kier molecular flexibility index (Phi) is 31.3. The van der Waals surface area contributed by atoms with Gasteiger partial charge in [0.2, 0.25) is 0 Å². The van der Waals surface area contributed by atoms with Crippen molar-refractivity contribution in [3.8, 4) is 33.6 Å². The molecule has 7 N–H and O–H groups in total. The first-order valence-corrected chi connectivity index (χ1v) is 34.3. The fourth-order valence-electron chi connectivity index (χ4n) is 9.63. The molecule has 1 saturated carbocycles. The zero-order chi connectivity index (χ0) is 75.8. The maximum atomic E-state index is 14.3. The molecule has 0 spiro atoms. The summed E-state index contributed by atoms with van der Waals surface area (Å²) in [6.07, 6.45) is 3.31. The fraction of sp³-hybridized carbons (Fsp3) is 0.208. The number of nitrogens with two attached hydrogens (primary N) is 1. The number of ketones is 1. The number of ether oxygens (including phenoxy) is 3. The van der Waals surface area contributed by atoms with E-state index in [1.165, 1.54) is 110 Å². The van der Waals surface area contributed by atoms with Crippen LogP contribution in [0.3, 0.4) is 0 Å². The number of amides is 3. The number of carbonyl (C=O) groups is 4. The van der Waals surface area contributed by atoms with Crippen LogP contribution in [0.25, 0.3) is 55.4 Å². The van der Waals surface area contributed by atoms with Gasteiger partial charge in [-0.05, 0) is 268 Å². The monoisotopic (exact) mass is 1840 g/mol. The van der Waals surface area contributed by atoms with Crippen LogP contribution >= 0.6 is 47.8 Å². The Morgan fingerprint density at radius 3 is 1.42 bits per heavy atom.